The fourth-order valence-electron chi connectivity index (χ4n) is 9.33. The van der Waals surface area contributed by atoms with Crippen LogP contribution >= 0.6 is 0 Å². The molecule has 0 saturated carbocycles. The highest BCUT2D eigenvalue weighted by Gasteiger charge is 2.26. The van der Waals surface area contributed by atoms with Gasteiger partial charge in [0.05, 0.1) is 22.3 Å². The molecule has 8 aromatic carbocycles. The average Bonchev–Trinajstić information content (AvgIpc) is 3.91. The maximum absolute atomic E-state index is 6.86. The van der Waals surface area contributed by atoms with Gasteiger partial charge in [0, 0.05) is 32.8 Å². The molecule has 0 amide bonds. The molecule has 12 rings (SSSR count). The van der Waals surface area contributed by atoms with Crippen LogP contribution < -0.4 is 0 Å². The number of hydrogen-bond donors (Lipinski definition) is 0. The van der Waals surface area contributed by atoms with E-state index in [-0.39, 0.29) is 0 Å². The van der Waals surface area contributed by atoms with Crippen molar-refractivity contribution in [3.63, 3.8) is 0 Å². The number of para-hydroxylation sites is 2. The van der Waals surface area contributed by atoms with Gasteiger partial charge in [-0.1, -0.05) is 164 Å². The quantitative estimate of drug-likeness (QED) is 0.169. The Morgan fingerprint density at radius 2 is 1.26 bits per heavy atom. The van der Waals surface area contributed by atoms with Crippen molar-refractivity contribution < 1.29 is 4.42 Å². The van der Waals surface area contributed by atoms with Gasteiger partial charge in [-0.15, -0.1) is 0 Å². The maximum atomic E-state index is 6.86. The summed E-state index contributed by atoms with van der Waals surface area (Å²) in [6.45, 7) is 2.18. The highest BCUT2D eigenvalue weighted by molar-refractivity contribution is 6.17. The molecule has 5 nitrogen and oxygen atoms in total. The topological polar surface area (TPSA) is 56.7 Å². The highest BCUT2D eigenvalue weighted by Crippen LogP contribution is 2.45. The largest absolute Gasteiger partial charge is 0.454 e. The predicted octanol–water partition coefficient (Wildman–Crippen LogP) is 14.5. The summed E-state index contributed by atoms with van der Waals surface area (Å²) >= 11 is 0. The van der Waals surface area contributed by atoms with Crippen LogP contribution in [0.3, 0.4) is 0 Å². The summed E-state index contributed by atoms with van der Waals surface area (Å²) in [5.41, 5.74) is 13.6. The lowest BCUT2D eigenvalue weighted by Crippen LogP contribution is -2.04. The second-order valence-corrected chi connectivity index (χ2v) is 15.9. The maximum Gasteiger partial charge on any atom is 0.166 e. The smallest absolute Gasteiger partial charge is 0.166 e. The summed E-state index contributed by atoms with van der Waals surface area (Å²) in [6.07, 6.45) is 6.55. The molecule has 61 heavy (non-hydrogen) atoms. The first-order valence-corrected chi connectivity index (χ1v) is 20.9. The first-order valence-electron chi connectivity index (χ1n) is 20.9. The molecule has 3 heterocycles. The lowest BCUT2D eigenvalue weighted by Gasteiger charge is -2.18. The van der Waals surface area contributed by atoms with Crippen LogP contribution in [0.25, 0.3) is 112 Å². The minimum atomic E-state index is 0.603. The van der Waals surface area contributed by atoms with Gasteiger partial charge in [0.25, 0.3) is 0 Å². The normalized spacial score (nSPS) is 12.5. The van der Waals surface area contributed by atoms with Crippen molar-refractivity contribution >= 4 is 49.6 Å². The summed E-state index contributed by atoms with van der Waals surface area (Å²) in [6, 6.07) is 62.1. The third-order valence-electron chi connectivity index (χ3n) is 12.3. The minimum absolute atomic E-state index is 0.603. The van der Waals surface area contributed by atoms with Gasteiger partial charge in [-0.3, -0.25) is 0 Å². The fourth-order valence-corrected chi connectivity index (χ4v) is 9.33. The lowest BCUT2D eigenvalue weighted by atomic mass is 9.93. The second kappa shape index (κ2) is 14.1. The van der Waals surface area contributed by atoms with Crippen LogP contribution in [-0.2, 0) is 6.42 Å². The molecule has 3 aromatic heterocycles. The van der Waals surface area contributed by atoms with Crippen LogP contribution in [0.5, 0.6) is 0 Å². The minimum Gasteiger partial charge on any atom is -0.454 e. The molecule has 1 aliphatic carbocycles. The molecular weight excluding hydrogens is 745 g/mol. The summed E-state index contributed by atoms with van der Waals surface area (Å²) in [5, 5.41) is 5.48. The molecular formula is C56H38N4O. The van der Waals surface area contributed by atoms with Gasteiger partial charge in [0.2, 0.25) is 0 Å². The van der Waals surface area contributed by atoms with Crippen molar-refractivity contribution in [3.05, 3.63) is 199 Å². The summed E-state index contributed by atoms with van der Waals surface area (Å²) in [4.78, 5) is 16.4. The van der Waals surface area contributed by atoms with Gasteiger partial charge in [-0.25, -0.2) is 15.0 Å². The van der Waals surface area contributed by atoms with Gasteiger partial charge in [0.1, 0.15) is 5.76 Å². The van der Waals surface area contributed by atoms with Crippen molar-refractivity contribution in [2.45, 2.75) is 19.8 Å². The number of furan rings is 1. The number of aryl methyl sites for hydroxylation is 2. The number of hydrogen-bond acceptors (Lipinski definition) is 4. The van der Waals surface area contributed by atoms with Gasteiger partial charge >= 0.3 is 0 Å². The van der Waals surface area contributed by atoms with Crippen LogP contribution in [0.2, 0.25) is 0 Å². The van der Waals surface area contributed by atoms with Crippen LogP contribution in [0.1, 0.15) is 23.1 Å². The fraction of sp³-hybridized carbons (Fsp3) is 0.0536. The van der Waals surface area contributed by atoms with Gasteiger partial charge in [-0.2, -0.15) is 0 Å². The number of rotatable bonds is 6. The van der Waals surface area contributed by atoms with Crippen LogP contribution in [0.4, 0.5) is 0 Å². The number of fused-ring (bicyclic) bond motifs is 6. The Morgan fingerprint density at radius 1 is 0.525 bits per heavy atom. The Balaban J connectivity index is 1.22. The Hall–Kier alpha value is -7.89. The highest BCUT2D eigenvalue weighted by atomic mass is 16.3. The molecule has 0 aliphatic heterocycles. The first kappa shape index (κ1) is 35.1. The molecule has 0 spiro atoms. The molecule has 288 valence electrons. The molecule has 0 bridgehead atoms. The van der Waals surface area contributed by atoms with E-state index in [0.29, 0.717) is 17.5 Å². The van der Waals surface area contributed by atoms with Gasteiger partial charge in [0.15, 0.2) is 23.1 Å². The molecule has 0 atom stereocenters. The monoisotopic (exact) mass is 782 g/mol. The zero-order valence-corrected chi connectivity index (χ0v) is 33.5. The predicted molar refractivity (Wildman–Crippen MR) is 251 cm³/mol. The van der Waals surface area contributed by atoms with Crippen molar-refractivity contribution in [1.82, 2.24) is 19.5 Å². The van der Waals surface area contributed by atoms with Crippen molar-refractivity contribution in [1.29, 1.82) is 0 Å². The van der Waals surface area contributed by atoms with E-state index in [0.717, 1.165) is 107 Å². The van der Waals surface area contributed by atoms with Crippen molar-refractivity contribution in [2.24, 2.45) is 0 Å². The van der Waals surface area contributed by atoms with Gasteiger partial charge < -0.3 is 8.98 Å². The molecule has 5 heteroatoms. The number of benzene rings is 8. The van der Waals surface area contributed by atoms with E-state index in [2.05, 4.69) is 181 Å². The van der Waals surface area contributed by atoms with E-state index in [1.165, 1.54) is 11.1 Å². The molecule has 0 N–H and O–H groups in total. The molecule has 0 unspecified atom stereocenters. The van der Waals surface area contributed by atoms with E-state index < -0.39 is 0 Å². The number of nitrogens with zero attached hydrogens (tertiary/aromatic N) is 4. The third-order valence-corrected chi connectivity index (χ3v) is 12.3. The Morgan fingerprint density at radius 3 is 2.18 bits per heavy atom. The number of allylic oxidation sites excluding steroid dienone is 1. The van der Waals surface area contributed by atoms with Gasteiger partial charge in [-0.05, 0) is 82.6 Å². The Bertz CT molecular complexity index is 3550. The standard InChI is InChI=1S/C56H38N4O/c1-35-15-5-9-23-42(35)45-31-32-46-44-25-11-12-27-48(44)60(49-28-14-22-40-34-50(61-53(40)49)38-18-3-2-4-19-38)52(46)51(45)56-58-54(41-30-29-36-16-6-7-20-39(36)33-41)57-55(59-56)47-26-13-21-37-17-8-10-24-43(37)47/h2-5,7-15,17-34H,6,16H2,1H3. The molecule has 1 aliphatic rings. The summed E-state index contributed by atoms with van der Waals surface area (Å²) < 4.78 is 9.23. The molecule has 11 aromatic rings. The Labute approximate surface area is 353 Å². The SMILES string of the molecule is Cc1ccccc1-c1ccc2c3ccccc3n(-c3cccc4cc(-c5ccccc5)oc34)c2c1-c1nc(-c2ccc3c(c2)C=CCC3)nc(-c2cccc3ccccc23)n1. The molecule has 0 radical (unpaired) electrons. The van der Waals surface area contributed by atoms with Crippen LogP contribution in [0.15, 0.2) is 186 Å². The van der Waals surface area contributed by atoms with E-state index in [1.54, 1.807) is 0 Å². The van der Waals surface area contributed by atoms with Crippen LogP contribution in [0, 0.1) is 6.92 Å². The zero-order chi connectivity index (χ0) is 40.4. The van der Waals surface area contributed by atoms with Crippen molar-refractivity contribution in [3.8, 4) is 62.3 Å². The van der Waals surface area contributed by atoms with E-state index in [4.69, 9.17) is 19.4 Å². The Kier molecular flexibility index (Phi) is 8.13. The molecule has 0 fully saturated rings. The molecule has 0 saturated heterocycles. The lowest BCUT2D eigenvalue weighted by molar-refractivity contribution is 0.629. The van der Waals surface area contributed by atoms with E-state index in [9.17, 15) is 0 Å². The second-order valence-electron chi connectivity index (χ2n) is 15.9. The third kappa shape index (κ3) is 5.81. The summed E-state index contributed by atoms with van der Waals surface area (Å²) in [5.74, 6) is 2.68. The van der Waals surface area contributed by atoms with Crippen LogP contribution in [-0.4, -0.2) is 19.5 Å². The average molecular weight is 783 g/mol. The van der Waals surface area contributed by atoms with E-state index in [1.807, 2.05) is 18.2 Å². The van der Waals surface area contributed by atoms with E-state index >= 15 is 0 Å². The number of aromatic nitrogens is 4. The first-order chi connectivity index (χ1) is 30.2. The van der Waals surface area contributed by atoms with Crippen molar-refractivity contribution in [2.75, 3.05) is 0 Å². The zero-order valence-electron chi connectivity index (χ0n) is 33.5. The summed E-state index contributed by atoms with van der Waals surface area (Å²) in [7, 11) is 0.